The van der Waals surface area contributed by atoms with Crippen molar-refractivity contribution >= 4 is 5.97 Å². The molecule has 0 aliphatic heterocycles. The van der Waals surface area contributed by atoms with E-state index >= 15 is 0 Å². The van der Waals surface area contributed by atoms with Gasteiger partial charge in [-0.1, -0.05) is 25.7 Å². The predicted octanol–water partition coefficient (Wildman–Crippen LogP) is 2.91. The molecule has 2 rings (SSSR count). The third kappa shape index (κ3) is 1.67. The first kappa shape index (κ1) is 10.0. The van der Waals surface area contributed by atoms with E-state index in [0.717, 1.165) is 12.8 Å². The highest BCUT2D eigenvalue weighted by Crippen LogP contribution is 2.60. The zero-order valence-corrected chi connectivity index (χ0v) is 9.05. The lowest BCUT2D eigenvalue weighted by atomic mass is 9.90. The monoisotopic (exact) mass is 196 g/mol. The van der Waals surface area contributed by atoms with E-state index in [-0.39, 0.29) is 11.4 Å². The van der Waals surface area contributed by atoms with E-state index in [1.165, 1.54) is 32.1 Å². The highest BCUT2D eigenvalue weighted by molar-refractivity contribution is 5.80. The quantitative estimate of drug-likeness (QED) is 0.635. The van der Waals surface area contributed by atoms with Gasteiger partial charge in [0.2, 0.25) is 0 Å². The van der Waals surface area contributed by atoms with Gasteiger partial charge >= 0.3 is 5.97 Å². The van der Waals surface area contributed by atoms with Crippen molar-refractivity contribution in [1.82, 2.24) is 0 Å². The number of esters is 1. The van der Waals surface area contributed by atoms with Crippen LogP contribution in [0.2, 0.25) is 0 Å². The third-order valence-electron chi connectivity index (χ3n) is 3.84. The number of hydrogen-bond acceptors (Lipinski definition) is 2. The summed E-state index contributed by atoms with van der Waals surface area (Å²) in [6.45, 7) is 2.43. The van der Waals surface area contributed by atoms with E-state index in [0.29, 0.717) is 12.5 Å². The van der Waals surface area contributed by atoms with E-state index in [1.807, 2.05) is 6.92 Å². The molecule has 0 saturated heterocycles. The average Bonchev–Trinajstić information content (AvgIpc) is 2.80. The molecule has 0 amide bonds. The Kier molecular flexibility index (Phi) is 2.80. The SMILES string of the molecule is CCOC(=O)[C@@]12CCCCCC[C@H]1C2. The van der Waals surface area contributed by atoms with Gasteiger partial charge < -0.3 is 4.74 Å². The van der Waals surface area contributed by atoms with Gasteiger partial charge in [0.1, 0.15) is 0 Å². The second kappa shape index (κ2) is 3.92. The lowest BCUT2D eigenvalue weighted by Crippen LogP contribution is -2.22. The first-order valence-electron chi connectivity index (χ1n) is 5.97. The number of carbonyl (C=O) groups is 1. The second-order valence-corrected chi connectivity index (χ2v) is 4.73. The standard InChI is InChI=1S/C12H20O2/c1-2-14-11(13)12-8-6-4-3-5-7-10(12)9-12/h10H,2-9H2,1H3/t10-,12+/m0/s1. The van der Waals surface area contributed by atoms with Gasteiger partial charge in [-0.2, -0.15) is 0 Å². The molecule has 0 spiro atoms. The van der Waals surface area contributed by atoms with E-state index in [2.05, 4.69) is 0 Å². The number of fused-ring (bicyclic) bond motifs is 1. The lowest BCUT2D eigenvalue weighted by molar-refractivity contribution is -0.150. The van der Waals surface area contributed by atoms with Crippen molar-refractivity contribution in [2.45, 2.75) is 51.9 Å². The number of carbonyl (C=O) groups excluding carboxylic acids is 1. The molecule has 0 heterocycles. The van der Waals surface area contributed by atoms with Gasteiger partial charge in [0.15, 0.2) is 0 Å². The number of rotatable bonds is 2. The van der Waals surface area contributed by atoms with Gasteiger partial charge in [0.25, 0.3) is 0 Å². The average molecular weight is 196 g/mol. The highest BCUT2D eigenvalue weighted by atomic mass is 16.5. The molecule has 0 aromatic heterocycles. The molecule has 2 atom stereocenters. The maximum absolute atomic E-state index is 11.8. The Hall–Kier alpha value is -0.530. The van der Waals surface area contributed by atoms with Crippen LogP contribution in [0.15, 0.2) is 0 Å². The van der Waals surface area contributed by atoms with E-state index in [9.17, 15) is 4.79 Å². The van der Waals surface area contributed by atoms with Crippen LogP contribution >= 0.6 is 0 Å². The van der Waals surface area contributed by atoms with Crippen LogP contribution in [-0.4, -0.2) is 12.6 Å². The topological polar surface area (TPSA) is 26.3 Å². The van der Waals surface area contributed by atoms with E-state index < -0.39 is 0 Å². The fraction of sp³-hybridized carbons (Fsp3) is 0.917. The summed E-state index contributed by atoms with van der Waals surface area (Å²) in [7, 11) is 0. The summed E-state index contributed by atoms with van der Waals surface area (Å²) < 4.78 is 5.18. The summed E-state index contributed by atoms with van der Waals surface area (Å²) in [5.41, 5.74) is -0.0313. The lowest BCUT2D eigenvalue weighted by Gasteiger charge is -2.18. The van der Waals surface area contributed by atoms with Crippen LogP contribution < -0.4 is 0 Å². The van der Waals surface area contributed by atoms with Crippen molar-refractivity contribution in [2.75, 3.05) is 6.61 Å². The van der Waals surface area contributed by atoms with Crippen LogP contribution in [0.25, 0.3) is 0 Å². The minimum Gasteiger partial charge on any atom is -0.466 e. The predicted molar refractivity (Wildman–Crippen MR) is 54.9 cm³/mol. The van der Waals surface area contributed by atoms with Gasteiger partial charge in [-0.05, 0) is 32.1 Å². The Balaban J connectivity index is 1.97. The third-order valence-corrected chi connectivity index (χ3v) is 3.84. The van der Waals surface area contributed by atoms with Crippen molar-refractivity contribution < 1.29 is 9.53 Å². The van der Waals surface area contributed by atoms with Crippen LogP contribution in [0.5, 0.6) is 0 Å². The zero-order chi connectivity index (χ0) is 10.0. The number of ether oxygens (including phenoxy) is 1. The van der Waals surface area contributed by atoms with Crippen LogP contribution in [0.4, 0.5) is 0 Å². The molecule has 0 aromatic rings. The molecular weight excluding hydrogens is 176 g/mol. The molecule has 2 nitrogen and oxygen atoms in total. The molecule has 2 saturated carbocycles. The summed E-state index contributed by atoms with van der Waals surface area (Å²) >= 11 is 0. The first-order valence-corrected chi connectivity index (χ1v) is 5.97. The minimum absolute atomic E-state index is 0.0313. The zero-order valence-electron chi connectivity index (χ0n) is 9.05. The molecule has 0 aromatic carbocycles. The molecule has 14 heavy (non-hydrogen) atoms. The largest absolute Gasteiger partial charge is 0.466 e. The fourth-order valence-corrected chi connectivity index (χ4v) is 2.88. The van der Waals surface area contributed by atoms with Gasteiger partial charge in [0, 0.05) is 0 Å². The summed E-state index contributed by atoms with van der Waals surface area (Å²) in [6, 6.07) is 0. The van der Waals surface area contributed by atoms with Crippen molar-refractivity contribution in [1.29, 1.82) is 0 Å². The van der Waals surface area contributed by atoms with Gasteiger partial charge in [-0.3, -0.25) is 4.79 Å². The molecule has 0 radical (unpaired) electrons. The molecule has 0 unspecified atom stereocenters. The molecule has 80 valence electrons. The molecule has 0 N–H and O–H groups in total. The van der Waals surface area contributed by atoms with E-state index in [4.69, 9.17) is 4.74 Å². The highest BCUT2D eigenvalue weighted by Gasteiger charge is 2.59. The van der Waals surface area contributed by atoms with Crippen LogP contribution in [0, 0.1) is 11.3 Å². The van der Waals surface area contributed by atoms with Gasteiger partial charge in [0.05, 0.1) is 12.0 Å². The Morgan fingerprint density at radius 3 is 2.93 bits per heavy atom. The van der Waals surface area contributed by atoms with Crippen molar-refractivity contribution in [3.63, 3.8) is 0 Å². The second-order valence-electron chi connectivity index (χ2n) is 4.73. The summed E-state index contributed by atoms with van der Waals surface area (Å²) in [5, 5.41) is 0. The van der Waals surface area contributed by atoms with Crippen LogP contribution in [0.3, 0.4) is 0 Å². The number of hydrogen-bond donors (Lipinski definition) is 0. The Morgan fingerprint density at radius 2 is 2.14 bits per heavy atom. The van der Waals surface area contributed by atoms with Crippen molar-refractivity contribution in [3.05, 3.63) is 0 Å². The maximum atomic E-state index is 11.8. The van der Waals surface area contributed by atoms with Crippen molar-refractivity contribution in [2.24, 2.45) is 11.3 Å². The van der Waals surface area contributed by atoms with Gasteiger partial charge in [-0.15, -0.1) is 0 Å². The van der Waals surface area contributed by atoms with Crippen molar-refractivity contribution in [3.8, 4) is 0 Å². The van der Waals surface area contributed by atoms with E-state index in [1.54, 1.807) is 0 Å². The molecule has 2 aliphatic rings. The molecular formula is C12H20O2. The summed E-state index contributed by atoms with van der Waals surface area (Å²) in [6.07, 6.45) is 8.62. The summed E-state index contributed by atoms with van der Waals surface area (Å²) in [4.78, 5) is 11.8. The maximum Gasteiger partial charge on any atom is 0.312 e. The minimum atomic E-state index is -0.0313. The molecule has 2 heteroatoms. The Bertz CT molecular complexity index is 224. The Labute approximate surface area is 86.0 Å². The molecule has 2 fully saturated rings. The molecule has 0 bridgehead atoms. The van der Waals surface area contributed by atoms with Crippen LogP contribution in [-0.2, 0) is 9.53 Å². The fourth-order valence-electron chi connectivity index (χ4n) is 2.88. The first-order chi connectivity index (χ1) is 6.79. The van der Waals surface area contributed by atoms with Crippen LogP contribution in [0.1, 0.15) is 51.9 Å². The normalized spacial score (nSPS) is 36.5. The smallest absolute Gasteiger partial charge is 0.312 e. The van der Waals surface area contributed by atoms with Gasteiger partial charge in [-0.25, -0.2) is 0 Å². The Morgan fingerprint density at radius 1 is 1.36 bits per heavy atom. The summed E-state index contributed by atoms with van der Waals surface area (Å²) in [5.74, 6) is 0.744. The molecule has 2 aliphatic carbocycles.